The fraction of sp³-hybridized carbons (Fsp3) is 0.567. The Hall–Kier alpha value is 3.37. The van der Waals surface area contributed by atoms with Gasteiger partial charge in [0.1, 0.15) is 0 Å². The smallest absolute Gasteiger partial charge is 0.0717 e. The van der Waals surface area contributed by atoms with E-state index in [4.69, 9.17) is 24.2 Å². The Morgan fingerprint density at radius 2 is 0.765 bits per heavy atom. The average molecular weight is 989 g/mol. The maximum Gasteiger partial charge on any atom is 0.0717 e. The summed E-state index contributed by atoms with van der Waals surface area (Å²) in [6.45, 7) is 5.31. The van der Waals surface area contributed by atoms with Crippen LogP contribution in [0.5, 0.6) is 0 Å². The fourth-order valence-electron chi connectivity index (χ4n) is 3.85. The van der Waals surface area contributed by atoms with Crippen molar-refractivity contribution in [2.75, 3.05) is 100 Å². The van der Waals surface area contributed by atoms with Crippen LogP contribution >= 0.6 is 188 Å². The molecule has 0 N–H and O–H groups in total. The highest BCUT2D eigenvalue weighted by Gasteiger charge is 2.32. The van der Waals surface area contributed by atoms with Crippen molar-refractivity contribution >= 4 is 188 Å². The fourth-order valence-corrected chi connectivity index (χ4v) is 26.2. The van der Waals surface area contributed by atoms with Crippen LogP contribution in [0.3, 0.4) is 0 Å². The Morgan fingerprint density at radius 1 is 0.451 bits per heavy atom. The summed E-state index contributed by atoms with van der Waals surface area (Å²) in [6.07, 6.45) is 7.08. The van der Waals surface area contributed by atoms with Gasteiger partial charge in [-0.05, 0) is 18.8 Å². The maximum absolute atomic E-state index is 9.12. The van der Waals surface area contributed by atoms with Gasteiger partial charge in [0.2, 0.25) is 0 Å². The average Bonchev–Trinajstić information content (AvgIpc) is 3.94. The Morgan fingerprint density at radius 3 is 1.08 bits per heavy atom. The summed E-state index contributed by atoms with van der Waals surface area (Å²) < 4.78 is 40.3. The third-order valence-corrected chi connectivity index (χ3v) is 28.6. The molecule has 5 heterocycles. The van der Waals surface area contributed by atoms with Crippen LogP contribution in [0.2, 0.25) is 0 Å². The van der Waals surface area contributed by atoms with Gasteiger partial charge in [-0.25, -0.2) is 0 Å². The first-order valence-electron chi connectivity index (χ1n) is 15.5. The Bertz CT molecular complexity index is 1440. The second-order valence-corrected chi connectivity index (χ2v) is 28.7. The number of rotatable bonds is 6. The van der Waals surface area contributed by atoms with E-state index in [0.717, 1.165) is 35.4 Å². The molecule has 0 amide bonds. The summed E-state index contributed by atoms with van der Waals surface area (Å²) in [6, 6.07) is 2.29. The largest absolute Gasteiger partial charge is 0.378 e. The molecule has 8 bridgehead atoms. The third-order valence-electron chi connectivity index (χ3n) is 6.07. The van der Waals surface area contributed by atoms with Gasteiger partial charge < -0.3 is 18.9 Å². The van der Waals surface area contributed by atoms with Gasteiger partial charge in [0.15, 0.2) is 0 Å². The quantitative estimate of drug-likeness (QED) is 0.237. The standard InChI is InChI=1S/C30H37NO4S16/c1-36-19-22-40-15-10-32-6-7-33-12-17-42-24-21(38-3)46-29(49-24)30-50-25(39-14-4-5-31)26(51-30)43-18-13-35-9-8-34-11-16-41-23-20(37-2)45-28(48-23)27(44-19)47-22/h4,6-18H2,1-3H3/b28-27?,30-29-. The molecule has 0 saturated heterocycles. The predicted molar refractivity (Wildman–Crippen MR) is 259 cm³/mol. The van der Waals surface area contributed by atoms with Gasteiger partial charge in [0, 0.05) is 35.2 Å². The van der Waals surface area contributed by atoms with E-state index in [9.17, 15) is 0 Å². The molecule has 0 fully saturated rings. The molecule has 5 aliphatic rings. The first kappa shape index (κ1) is 45.5. The lowest BCUT2D eigenvalue weighted by Gasteiger charge is -2.08. The molecule has 0 aromatic carbocycles. The lowest BCUT2D eigenvalue weighted by molar-refractivity contribution is 0.0605. The van der Waals surface area contributed by atoms with Crippen molar-refractivity contribution in [3.05, 3.63) is 50.8 Å². The van der Waals surface area contributed by atoms with E-state index in [1.165, 1.54) is 50.8 Å². The van der Waals surface area contributed by atoms with E-state index in [1.807, 2.05) is 188 Å². The van der Waals surface area contributed by atoms with Crippen LogP contribution in [-0.4, -0.2) is 100 Å². The molecule has 282 valence electrons. The number of thioether (sulfide) groups is 16. The summed E-state index contributed by atoms with van der Waals surface area (Å²) >= 11 is 30.2. The van der Waals surface area contributed by atoms with Crippen LogP contribution in [-0.2, 0) is 18.9 Å². The Kier molecular flexibility index (Phi) is 23.6. The monoisotopic (exact) mass is 987 g/mol. The molecular formula is C30H37NO4S16. The van der Waals surface area contributed by atoms with E-state index >= 15 is 0 Å². The van der Waals surface area contributed by atoms with Crippen molar-refractivity contribution < 1.29 is 18.9 Å². The minimum atomic E-state index is 0.559. The van der Waals surface area contributed by atoms with Gasteiger partial charge >= 0.3 is 0 Å². The molecule has 0 aliphatic carbocycles. The lowest BCUT2D eigenvalue weighted by Crippen LogP contribution is -2.08. The number of ether oxygens (including phenoxy) is 4. The van der Waals surface area contributed by atoms with E-state index in [0.29, 0.717) is 52.7 Å². The van der Waals surface area contributed by atoms with Crippen LogP contribution < -0.4 is 0 Å². The second kappa shape index (κ2) is 26.5. The number of nitrogens with zero attached hydrogens (tertiary/aromatic N) is 1. The Balaban J connectivity index is 1.15. The molecule has 21 heteroatoms. The second-order valence-electron chi connectivity index (χ2n) is 9.48. The minimum Gasteiger partial charge on any atom is -0.378 e. The van der Waals surface area contributed by atoms with E-state index in [2.05, 4.69) is 24.8 Å². The van der Waals surface area contributed by atoms with E-state index in [-0.39, 0.29) is 0 Å². The van der Waals surface area contributed by atoms with Crippen LogP contribution in [0.4, 0.5) is 0 Å². The van der Waals surface area contributed by atoms with Crippen LogP contribution in [0, 0.1) is 11.3 Å². The summed E-state index contributed by atoms with van der Waals surface area (Å²) in [7, 11) is 0. The predicted octanol–water partition coefficient (Wildman–Crippen LogP) is 13.4. The summed E-state index contributed by atoms with van der Waals surface area (Å²) in [5, 5.41) is 9.12. The van der Waals surface area contributed by atoms with Crippen molar-refractivity contribution in [2.45, 2.75) is 6.42 Å². The summed E-state index contributed by atoms with van der Waals surface area (Å²) in [4.78, 5) is 0. The van der Waals surface area contributed by atoms with Gasteiger partial charge in [-0.1, -0.05) is 94.1 Å². The molecule has 0 saturated carbocycles. The van der Waals surface area contributed by atoms with Crippen LogP contribution in [0.1, 0.15) is 6.42 Å². The van der Waals surface area contributed by atoms with Crippen LogP contribution in [0.15, 0.2) is 50.8 Å². The molecule has 51 heavy (non-hydrogen) atoms. The first-order chi connectivity index (χ1) is 25.1. The van der Waals surface area contributed by atoms with Crippen molar-refractivity contribution in [1.29, 1.82) is 5.26 Å². The molecule has 0 unspecified atom stereocenters. The number of fused-ring (bicyclic) bond motifs is 8. The van der Waals surface area contributed by atoms with Gasteiger partial charge in [0.25, 0.3) is 0 Å². The van der Waals surface area contributed by atoms with Gasteiger partial charge in [-0.2, -0.15) is 5.26 Å². The first-order valence-corrected chi connectivity index (χ1v) is 30.6. The SMILES string of the molecule is CSC1=C2SCCOCCOCCSC3=C(SC)S/C(=C4\SC(SCCC#N)=C(SCCOCCOCCSC5=C(SC)SC(=C(S1)S2)S5)S4)S3. The highest BCUT2D eigenvalue weighted by molar-refractivity contribution is 8.46. The molecular weight excluding hydrogens is 951 g/mol. The minimum absolute atomic E-state index is 0.559. The number of hydrogen-bond donors (Lipinski definition) is 0. The zero-order valence-electron chi connectivity index (χ0n) is 28.0. The molecule has 0 aromatic rings. The molecule has 0 aromatic heterocycles. The molecule has 5 nitrogen and oxygen atoms in total. The van der Waals surface area contributed by atoms with Crippen molar-refractivity contribution in [3.8, 4) is 6.07 Å². The van der Waals surface area contributed by atoms with Gasteiger partial charge in [-0.15, -0.1) is 94.1 Å². The zero-order valence-corrected chi connectivity index (χ0v) is 41.1. The topological polar surface area (TPSA) is 60.7 Å². The van der Waals surface area contributed by atoms with E-state index in [1.54, 1.807) is 0 Å². The molecule has 0 atom stereocenters. The van der Waals surface area contributed by atoms with Crippen LogP contribution in [0.25, 0.3) is 0 Å². The summed E-state index contributed by atoms with van der Waals surface area (Å²) in [5.41, 5.74) is 0. The number of nitriles is 1. The van der Waals surface area contributed by atoms with Gasteiger partial charge in [0.05, 0.1) is 110 Å². The van der Waals surface area contributed by atoms with Crippen molar-refractivity contribution in [3.63, 3.8) is 0 Å². The van der Waals surface area contributed by atoms with Gasteiger partial charge in [-0.3, -0.25) is 0 Å². The Labute approximate surface area is 371 Å². The highest BCUT2D eigenvalue weighted by atomic mass is 32.3. The lowest BCUT2D eigenvalue weighted by atomic mass is 10.6. The normalized spacial score (nSPS) is 24.7. The van der Waals surface area contributed by atoms with Crippen molar-refractivity contribution in [2.24, 2.45) is 0 Å². The molecule has 5 rings (SSSR count). The molecule has 0 spiro atoms. The maximum atomic E-state index is 9.12. The highest BCUT2D eigenvalue weighted by Crippen LogP contribution is 2.67. The third kappa shape index (κ3) is 15.2. The summed E-state index contributed by atoms with van der Waals surface area (Å²) in [5.74, 6) is 4.52. The van der Waals surface area contributed by atoms with Crippen molar-refractivity contribution in [1.82, 2.24) is 0 Å². The van der Waals surface area contributed by atoms with E-state index < -0.39 is 0 Å². The zero-order chi connectivity index (χ0) is 35.7. The molecule has 0 radical (unpaired) electrons. The number of hydrogen-bond acceptors (Lipinski definition) is 21. The molecule has 5 aliphatic heterocycles.